The van der Waals surface area contributed by atoms with Crippen molar-refractivity contribution in [3.63, 3.8) is 0 Å². The second kappa shape index (κ2) is 5.70. The van der Waals surface area contributed by atoms with Crippen molar-refractivity contribution < 1.29 is 17.9 Å². The van der Waals surface area contributed by atoms with E-state index >= 15 is 0 Å². The molecule has 2 N–H and O–H groups in total. The minimum atomic E-state index is -3.01. The van der Waals surface area contributed by atoms with Crippen molar-refractivity contribution in [2.75, 3.05) is 35.3 Å². The van der Waals surface area contributed by atoms with Crippen LogP contribution in [0.25, 0.3) is 0 Å². The van der Waals surface area contributed by atoms with E-state index in [1.807, 2.05) is 0 Å². The molecule has 1 heterocycles. The molecule has 7 heteroatoms. The molecular weight excluding hydrogens is 280 g/mol. The van der Waals surface area contributed by atoms with Gasteiger partial charge in [0, 0.05) is 24.1 Å². The van der Waals surface area contributed by atoms with Crippen LogP contribution < -0.4 is 15.4 Å². The lowest BCUT2D eigenvalue weighted by Gasteiger charge is -2.29. The van der Waals surface area contributed by atoms with Crippen LogP contribution >= 0.6 is 0 Å². The Morgan fingerprint density at radius 3 is 2.85 bits per heavy atom. The molecule has 0 saturated heterocycles. The maximum absolute atomic E-state index is 11.9. The van der Waals surface area contributed by atoms with E-state index in [2.05, 4.69) is 0 Å². The molecule has 0 spiro atoms. The van der Waals surface area contributed by atoms with Gasteiger partial charge in [-0.05, 0) is 18.6 Å². The average molecular weight is 298 g/mol. The summed E-state index contributed by atoms with van der Waals surface area (Å²) in [6.07, 6.45) is 0.408. The van der Waals surface area contributed by atoms with Gasteiger partial charge in [0.1, 0.15) is 15.6 Å². The average Bonchev–Trinajstić information content (AvgIpc) is 2.41. The summed E-state index contributed by atoms with van der Waals surface area (Å²) >= 11 is 0. The normalized spacial score (nSPS) is 14.8. The van der Waals surface area contributed by atoms with Crippen LogP contribution in [0, 0.1) is 0 Å². The smallest absolute Gasteiger partial charge is 0.265 e. The van der Waals surface area contributed by atoms with Crippen LogP contribution in [0.4, 0.5) is 11.4 Å². The molecule has 1 amide bonds. The Bertz CT molecular complexity index is 613. The van der Waals surface area contributed by atoms with Gasteiger partial charge >= 0.3 is 0 Å². The number of hydrogen-bond donors (Lipinski definition) is 1. The Morgan fingerprint density at radius 2 is 2.15 bits per heavy atom. The molecule has 110 valence electrons. The number of carbonyl (C=O) groups excluding carboxylic acids is 1. The van der Waals surface area contributed by atoms with E-state index in [1.165, 1.54) is 0 Å². The van der Waals surface area contributed by atoms with E-state index in [-0.39, 0.29) is 24.0 Å². The summed E-state index contributed by atoms with van der Waals surface area (Å²) in [5, 5.41) is 0. The van der Waals surface area contributed by atoms with Crippen molar-refractivity contribution in [2.24, 2.45) is 0 Å². The molecule has 1 aromatic carbocycles. The molecule has 0 saturated carbocycles. The number of ether oxygens (including phenoxy) is 1. The molecule has 0 aromatic heterocycles. The van der Waals surface area contributed by atoms with Gasteiger partial charge in [-0.15, -0.1) is 0 Å². The maximum atomic E-state index is 11.9. The zero-order chi connectivity index (χ0) is 14.8. The molecule has 6 nitrogen and oxygen atoms in total. The first-order valence-electron chi connectivity index (χ1n) is 6.46. The molecule has 1 aromatic rings. The van der Waals surface area contributed by atoms with Crippen LogP contribution in [-0.2, 0) is 14.6 Å². The zero-order valence-corrected chi connectivity index (χ0v) is 12.1. The highest BCUT2D eigenvalue weighted by Gasteiger charge is 2.25. The summed E-state index contributed by atoms with van der Waals surface area (Å²) in [5.74, 6) is 0.592. The molecule has 0 unspecified atom stereocenters. The Balaban J connectivity index is 2.10. The van der Waals surface area contributed by atoms with E-state index in [0.29, 0.717) is 30.1 Å². The van der Waals surface area contributed by atoms with Gasteiger partial charge in [-0.3, -0.25) is 4.79 Å². The van der Waals surface area contributed by atoms with Gasteiger partial charge in [0.25, 0.3) is 5.91 Å². The third-order valence-electron chi connectivity index (χ3n) is 3.20. The van der Waals surface area contributed by atoms with Crippen molar-refractivity contribution in [3.05, 3.63) is 18.2 Å². The quantitative estimate of drug-likeness (QED) is 0.813. The first-order chi connectivity index (χ1) is 9.43. The third kappa shape index (κ3) is 3.22. The summed E-state index contributed by atoms with van der Waals surface area (Å²) in [7, 11) is -3.01. The topological polar surface area (TPSA) is 89.7 Å². The van der Waals surface area contributed by atoms with Crippen molar-refractivity contribution in [2.45, 2.75) is 13.3 Å². The fraction of sp³-hybridized carbons (Fsp3) is 0.462. The standard InChI is InChI=1S/C13H18N2O4S/c1-2-20(17,18)7-3-6-15-11-5-4-10(14)8-12(11)19-9-13(15)16/h4-5,8H,2-3,6-7,9,14H2,1H3. The number of nitrogens with zero attached hydrogens (tertiary/aromatic N) is 1. The second-order valence-corrected chi connectivity index (χ2v) is 7.12. The van der Waals surface area contributed by atoms with Gasteiger partial charge in [-0.1, -0.05) is 6.92 Å². The van der Waals surface area contributed by atoms with Crippen LogP contribution in [0.15, 0.2) is 18.2 Å². The van der Waals surface area contributed by atoms with E-state index in [1.54, 1.807) is 30.0 Å². The summed E-state index contributed by atoms with van der Waals surface area (Å²) in [4.78, 5) is 13.4. The minimum Gasteiger partial charge on any atom is -0.481 e. The van der Waals surface area contributed by atoms with Crippen molar-refractivity contribution in [1.82, 2.24) is 0 Å². The van der Waals surface area contributed by atoms with Gasteiger partial charge in [0.05, 0.1) is 11.4 Å². The minimum absolute atomic E-state index is 0.0447. The van der Waals surface area contributed by atoms with Gasteiger partial charge in [0.15, 0.2) is 6.61 Å². The van der Waals surface area contributed by atoms with E-state index in [4.69, 9.17) is 10.5 Å². The second-order valence-electron chi connectivity index (χ2n) is 4.65. The number of hydrogen-bond acceptors (Lipinski definition) is 5. The van der Waals surface area contributed by atoms with Gasteiger partial charge < -0.3 is 15.4 Å². The molecule has 0 aliphatic carbocycles. The number of anilines is 2. The van der Waals surface area contributed by atoms with Crippen molar-refractivity contribution in [3.8, 4) is 5.75 Å². The molecule has 2 rings (SSSR count). The summed E-state index contributed by atoms with van der Waals surface area (Å²) in [6, 6.07) is 5.07. The molecule has 0 radical (unpaired) electrons. The number of benzene rings is 1. The predicted octanol–water partition coefficient (Wildman–Crippen LogP) is 0.819. The summed E-state index contributed by atoms with van der Waals surface area (Å²) in [5.41, 5.74) is 6.88. The number of sulfone groups is 1. The summed E-state index contributed by atoms with van der Waals surface area (Å²) in [6.45, 7) is 1.93. The van der Waals surface area contributed by atoms with Crippen LogP contribution in [0.2, 0.25) is 0 Å². The lowest BCUT2D eigenvalue weighted by molar-refractivity contribution is -0.121. The molecule has 0 bridgehead atoms. The number of nitrogens with two attached hydrogens (primary N) is 1. The van der Waals surface area contributed by atoms with Crippen molar-refractivity contribution >= 4 is 27.1 Å². The molecule has 20 heavy (non-hydrogen) atoms. The molecule has 1 aliphatic heterocycles. The SMILES string of the molecule is CCS(=O)(=O)CCCN1C(=O)COc2cc(N)ccc21. The highest BCUT2D eigenvalue weighted by atomic mass is 32.2. The lowest BCUT2D eigenvalue weighted by Crippen LogP contribution is -2.40. The Morgan fingerprint density at radius 1 is 1.40 bits per heavy atom. The van der Waals surface area contributed by atoms with Crippen molar-refractivity contribution in [1.29, 1.82) is 0 Å². The van der Waals surface area contributed by atoms with E-state index in [9.17, 15) is 13.2 Å². The van der Waals surface area contributed by atoms with E-state index < -0.39 is 9.84 Å². The largest absolute Gasteiger partial charge is 0.481 e. The Hall–Kier alpha value is -1.76. The predicted molar refractivity (Wildman–Crippen MR) is 77.6 cm³/mol. The highest BCUT2D eigenvalue weighted by molar-refractivity contribution is 7.91. The van der Waals surface area contributed by atoms with Crippen LogP contribution in [-0.4, -0.2) is 39.0 Å². The molecular formula is C13H18N2O4S. The fourth-order valence-electron chi connectivity index (χ4n) is 2.05. The fourth-order valence-corrected chi connectivity index (χ4v) is 2.91. The number of nitrogen functional groups attached to an aromatic ring is 1. The Labute approximate surface area is 118 Å². The highest BCUT2D eigenvalue weighted by Crippen LogP contribution is 2.33. The number of fused-ring (bicyclic) bond motifs is 1. The van der Waals surface area contributed by atoms with Gasteiger partial charge in [-0.2, -0.15) is 0 Å². The number of rotatable bonds is 5. The van der Waals surface area contributed by atoms with E-state index in [0.717, 1.165) is 0 Å². The molecule has 0 atom stereocenters. The first kappa shape index (κ1) is 14.6. The lowest BCUT2D eigenvalue weighted by atomic mass is 10.2. The summed E-state index contributed by atoms with van der Waals surface area (Å²) < 4.78 is 28.3. The third-order valence-corrected chi connectivity index (χ3v) is 4.99. The van der Waals surface area contributed by atoms with Gasteiger partial charge in [0.2, 0.25) is 0 Å². The monoisotopic (exact) mass is 298 g/mol. The maximum Gasteiger partial charge on any atom is 0.265 e. The Kier molecular flexibility index (Phi) is 4.17. The first-order valence-corrected chi connectivity index (χ1v) is 8.28. The number of amides is 1. The van der Waals surface area contributed by atoms with Crippen LogP contribution in [0.1, 0.15) is 13.3 Å². The molecule has 0 fully saturated rings. The zero-order valence-electron chi connectivity index (χ0n) is 11.3. The van der Waals surface area contributed by atoms with Crippen LogP contribution in [0.3, 0.4) is 0 Å². The molecule has 1 aliphatic rings. The number of carbonyl (C=O) groups is 1. The van der Waals surface area contributed by atoms with Crippen LogP contribution in [0.5, 0.6) is 5.75 Å². The van der Waals surface area contributed by atoms with Gasteiger partial charge in [-0.25, -0.2) is 8.42 Å².